The van der Waals surface area contributed by atoms with Crippen LogP contribution in [0.4, 0.5) is 4.79 Å². The van der Waals surface area contributed by atoms with E-state index in [1.807, 2.05) is 6.08 Å². The summed E-state index contributed by atoms with van der Waals surface area (Å²) in [5, 5.41) is 4.65. The third-order valence-corrected chi connectivity index (χ3v) is 5.13. The Labute approximate surface area is 131 Å². The molecule has 1 saturated carbocycles. The number of allylic oxidation sites excluding steroid dienone is 1. The van der Waals surface area contributed by atoms with Crippen molar-refractivity contribution in [2.75, 3.05) is 0 Å². The molecule has 122 valence electrons. The highest BCUT2D eigenvalue weighted by Crippen LogP contribution is 2.45. The first kappa shape index (κ1) is 16.7. The Balaban J connectivity index is 2.22. The standard InChI is InChI=1S/C17H26N2O3/c1-3-4-5-6-10-17(13-9-7-8-12(2)11-13)14(20)18-16(22)19-15(17)21/h3,12-13H,1,4-11H2,2H3,(H2,18,19,20,21,22). The second-order valence-corrected chi connectivity index (χ2v) is 6.71. The van der Waals surface area contributed by atoms with Crippen LogP contribution in [0.1, 0.15) is 58.3 Å². The molecule has 1 heterocycles. The van der Waals surface area contributed by atoms with Crippen LogP contribution in [0.15, 0.2) is 12.7 Å². The minimum absolute atomic E-state index is 0.0214. The van der Waals surface area contributed by atoms with E-state index in [-0.39, 0.29) is 5.92 Å². The van der Waals surface area contributed by atoms with Crippen molar-refractivity contribution in [3.63, 3.8) is 0 Å². The van der Waals surface area contributed by atoms with Gasteiger partial charge in [0.05, 0.1) is 0 Å². The number of hydrogen-bond acceptors (Lipinski definition) is 3. The molecule has 0 spiro atoms. The summed E-state index contributed by atoms with van der Waals surface area (Å²) in [7, 11) is 0. The van der Waals surface area contributed by atoms with E-state index in [4.69, 9.17) is 0 Å². The topological polar surface area (TPSA) is 75.3 Å². The number of rotatable bonds is 6. The van der Waals surface area contributed by atoms with Gasteiger partial charge in [-0.25, -0.2) is 4.79 Å². The van der Waals surface area contributed by atoms with Gasteiger partial charge in [0.2, 0.25) is 11.8 Å². The highest BCUT2D eigenvalue weighted by molar-refractivity contribution is 6.19. The summed E-state index contributed by atoms with van der Waals surface area (Å²) in [4.78, 5) is 36.6. The van der Waals surface area contributed by atoms with Crippen LogP contribution in [0.3, 0.4) is 0 Å². The van der Waals surface area contributed by atoms with E-state index >= 15 is 0 Å². The van der Waals surface area contributed by atoms with Crippen molar-refractivity contribution in [3.05, 3.63) is 12.7 Å². The number of barbiturate groups is 1. The summed E-state index contributed by atoms with van der Waals surface area (Å²) in [6.45, 7) is 5.87. The Hall–Kier alpha value is -1.65. The minimum Gasteiger partial charge on any atom is -0.277 e. The molecule has 0 aromatic rings. The van der Waals surface area contributed by atoms with Crippen LogP contribution >= 0.6 is 0 Å². The fourth-order valence-electron chi connectivity index (χ4n) is 3.94. The van der Waals surface area contributed by atoms with Gasteiger partial charge in [0, 0.05) is 0 Å². The first-order chi connectivity index (χ1) is 10.5. The third kappa shape index (κ3) is 3.23. The molecule has 1 aliphatic carbocycles. The minimum atomic E-state index is -1.08. The van der Waals surface area contributed by atoms with E-state index in [2.05, 4.69) is 24.1 Å². The SMILES string of the molecule is C=CCCCCC1(C2CCCC(C)C2)C(=O)NC(=O)NC1=O. The molecule has 1 saturated heterocycles. The molecule has 2 rings (SSSR count). The Kier molecular flexibility index (Phi) is 5.37. The van der Waals surface area contributed by atoms with E-state index < -0.39 is 23.3 Å². The number of nitrogens with one attached hydrogen (secondary N) is 2. The average molecular weight is 306 g/mol. The predicted molar refractivity (Wildman–Crippen MR) is 83.9 cm³/mol. The van der Waals surface area contributed by atoms with Gasteiger partial charge in [-0.15, -0.1) is 6.58 Å². The molecule has 2 atom stereocenters. The normalized spacial score (nSPS) is 28.0. The van der Waals surface area contributed by atoms with E-state index in [0.29, 0.717) is 12.3 Å². The molecule has 2 unspecified atom stereocenters. The lowest BCUT2D eigenvalue weighted by molar-refractivity contribution is -0.150. The molecule has 0 aromatic heterocycles. The monoisotopic (exact) mass is 306 g/mol. The number of imide groups is 2. The van der Waals surface area contributed by atoms with Crippen LogP contribution in [0.5, 0.6) is 0 Å². The Morgan fingerprint density at radius 2 is 1.86 bits per heavy atom. The molecule has 2 fully saturated rings. The zero-order valence-electron chi connectivity index (χ0n) is 13.3. The van der Waals surface area contributed by atoms with Crippen molar-refractivity contribution >= 4 is 17.8 Å². The van der Waals surface area contributed by atoms with Crippen molar-refractivity contribution in [1.29, 1.82) is 0 Å². The highest BCUT2D eigenvalue weighted by atomic mass is 16.2. The fourth-order valence-corrected chi connectivity index (χ4v) is 3.94. The molecular formula is C17H26N2O3. The maximum atomic E-state index is 12.6. The van der Waals surface area contributed by atoms with Crippen LogP contribution in [0.25, 0.3) is 0 Å². The van der Waals surface area contributed by atoms with E-state index in [1.54, 1.807) is 0 Å². The van der Waals surface area contributed by atoms with Gasteiger partial charge in [-0.05, 0) is 43.9 Å². The smallest absolute Gasteiger partial charge is 0.277 e. The molecular weight excluding hydrogens is 280 g/mol. The van der Waals surface area contributed by atoms with E-state index in [0.717, 1.165) is 44.9 Å². The van der Waals surface area contributed by atoms with Crippen molar-refractivity contribution < 1.29 is 14.4 Å². The summed E-state index contributed by atoms with van der Waals surface area (Å²) in [6, 6.07) is -0.694. The maximum absolute atomic E-state index is 12.6. The highest BCUT2D eigenvalue weighted by Gasteiger charge is 2.55. The summed E-state index contributed by atoms with van der Waals surface area (Å²) >= 11 is 0. The first-order valence-electron chi connectivity index (χ1n) is 8.28. The van der Waals surface area contributed by atoms with Gasteiger partial charge >= 0.3 is 6.03 Å². The molecule has 5 nitrogen and oxygen atoms in total. The molecule has 0 aromatic carbocycles. The summed E-state index contributed by atoms with van der Waals surface area (Å²) in [5.74, 6) is -0.270. The molecule has 0 radical (unpaired) electrons. The molecule has 4 amide bonds. The van der Waals surface area contributed by atoms with Gasteiger partial charge in [0.15, 0.2) is 0 Å². The lowest BCUT2D eigenvalue weighted by Gasteiger charge is -2.43. The lowest BCUT2D eigenvalue weighted by atomic mass is 9.62. The molecule has 2 aliphatic rings. The van der Waals surface area contributed by atoms with Gasteiger partial charge in [-0.2, -0.15) is 0 Å². The van der Waals surface area contributed by atoms with Gasteiger partial charge < -0.3 is 0 Å². The summed E-state index contributed by atoms with van der Waals surface area (Å²) in [6.07, 6.45) is 8.84. The molecule has 5 heteroatoms. The fraction of sp³-hybridized carbons (Fsp3) is 0.706. The number of carbonyl (C=O) groups excluding carboxylic acids is 3. The van der Waals surface area contributed by atoms with Gasteiger partial charge in [0.25, 0.3) is 0 Å². The van der Waals surface area contributed by atoms with Gasteiger partial charge in [0.1, 0.15) is 5.41 Å². The van der Waals surface area contributed by atoms with Crippen LogP contribution in [-0.4, -0.2) is 17.8 Å². The number of carbonyl (C=O) groups is 3. The van der Waals surface area contributed by atoms with Crippen LogP contribution < -0.4 is 10.6 Å². The zero-order chi connectivity index (χ0) is 16.2. The molecule has 0 bridgehead atoms. The van der Waals surface area contributed by atoms with Gasteiger partial charge in [-0.1, -0.05) is 32.3 Å². The Morgan fingerprint density at radius 1 is 1.18 bits per heavy atom. The zero-order valence-corrected chi connectivity index (χ0v) is 13.3. The van der Waals surface area contributed by atoms with Crippen LogP contribution in [0, 0.1) is 17.3 Å². The van der Waals surface area contributed by atoms with Crippen molar-refractivity contribution in [3.8, 4) is 0 Å². The average Bonchev–Trinajstić information content (AvgIpc) is 2.46. The van der Waals surface area contributed by atoms with Crippen molar-refractivity contribution in [2.24, 2.45) is 17.3 Å². The van der Waals surface area contributed by atoms with Crippen molar-refractivity contribution in [1.82, 2.24) is 10.6 Å². The number of amides is 4. The van der Waals surface area contributed by atoms with Crippen LogP contribution in [0.2, 0.25) is 0 Å². The number of unbranched alkanes of at least 4 members (excludes halogenated alkanes) is 2. The van der Waals surface area contributed by atoms with Gasteiger partial charge in [-0.3, -0.25) is 20.2 Å². The predicted octanol–water partition coefficient (Wildman–Crippen LogP) is 2.91. The third-order valence-electron chi connectivity index (χ3n) is 5.13. The second kappa shape index (κ2) is 7.07. The molecule has 1 aliphatic heterocycles. The van der Waals surface area contributed by atoms with Crippen LogP contribution in [-0.2, 0) is 9.59 Å². The second-order valence-electron chi connectivity index (χ2n) is 6.71. The molecule has 2 N–H and O–H groups in total. The number of hydrogen-bond donors (Lipinski definition) is 2. The summed E-state index contributed by atoms with van der Waals surface area (Å²) in [5.41, 5.74) is -1.08. The molecule has 22 heavy (non-hydrogen) atoms. The van der Waals surface area contributed by atoms with Crippen molar-refractivity contribution in [2.45, 2.75) is 58.3 Å². The quantitative estimate of drug-likeness (QED) is 0.450. The Morgan fingerprint density at radius 3 is 2.45 bits per heavy atom. The maximum Gasteiger partial charge on any atom is 0.328 e. The van der Waals surface area contributed by atoms with E-state index in [9.17, 15) is 14.4 Å². The largest absolute Gasteiger partial charge is 0.328 e. The number of urea groups is 1. The Bertz CT molecular complexity index is 453. The first-order valence-corrected chi connectivity index (χ1v) is 8.28. The summed E-state index contributed by atoms with van der Waals surface area (Å²) < 4.78 is 0. The van der Waals surface area contributed by atoms with E-state index in [1.165, 1.54) is 0 Å². The lowest BCUT2D eigenvalue weighted by Crippen LogP contribution is -2.65.